The topological polar surface area (TPSA) is 189 Å². The van der Waals surface area contributed by atoms with Gasteiger partial charge in [0.25, 0.3) is 0 Å². The molecule has 4 aromatic rings. The highest BCUT2D eigenvalue weighted by Crippen LogP contribution is 2.37. The van der Waals surface area contributed by atoms with Gasteiger partial charge in [0.1, 0.15) is 29.1 Å². The van der Waals surface area contributed by atoms with E-state index in [0.717, 1.165) is 30.5 Å². The summed E-state index contributed by atoms with van der Waals surface area (Å²) >= 11 is 6.87. The largest absolute Gasteiger partial charge is 0.456 e. The first-order valence-corrected chi connectivity index (χ1v) is 20.0. The first-order valence-electron chi connectivity index (χ1n) is 19.6. The summed E-state index contributed by atoms with van der Waals surface area (Å²) in [6.07, 6.45) is 5.62. The van der Waals surface area contributed by atoms with E-state index in [1.54, 1.807) is 46.5 Å². The van der Waals surface area contributed by atoms with Crippen molar-refractivity contribution in [3.05, 3.63) is 69.4 Å². The summed E-state index contributed by atoms with van der Waals surface area (Å²) in [5, 5.41) is 6.42. The Balaban J connectivity index is 1.09. The molecule has 16 heteroatoms. The van der Waals surface area contributed by atoms with Crippen LogP contribution >= 0.6 is 11.6 Å². The molecule has 0 unspecified atom stereocenters. The SMILES string of the molecule is COC(=O)N[C@H](C(=O)N1CCC[C@H]1C1=NC=C(c2cc3oc4ccc(-c5cnc([C@@H]6CCCN6C(=O)[C@@H](NC(=O)OC)C(C)C)[nH]5)cc4c(=O)c3cc2Cl)C1)C(C)C. The molecule has 0 aliphatic carbocycles. The lowest BCUT2D eigenvalue weighted by Crippen LogP contribution is -2.53. The highest BCUT2D eigenvalue weighted by Gasteiger charge is 2.40. The third-order valence-corrected chi connectivity index (χ3v) is 11.6. The summed E-state index contributed by atoms with van der Waals surface area (Å²) in [5.41, 5.74) is 4.26. The van der Waals surface area contributed by atoms with Crippen LogP contribution in [0.2, 0.25) is 5.02 Å². The van der Waals surface area contributed by atoms with E-state index < -0.39 is 24.3 Å². The minimum Gasteiger partial charge on any atom is -0.456 e. The van der Waals surface area contributed by atoms with Gasteiger partial charge in [0.15, 0.2) is 0 Å². The van der Waals surface area contributed by atoms with Crippen LogP contribution in [-0.4, -0.2) is 94.9 Å². The van der Waals surface area contributed by atoms with Crippen LogP contribution in [-0.2, 0) is 19.1 Å². The number of amides is 4. The Morgan fingerprint density at radius 3 is 2.09 bits per heavy atom. The zero-order valence-electron chi connectivity index (χ0n) is 33.4. The van der Waals surface area contributed by atoms with E-state index in [0.29, 0.717) is 75.5 Å². The molecular formula is C42H48ClN7O8. The van der Waals surface area contributed by atoms with Crippen LogP contribution in [0.5, 0.6) is 0 Å². The molecule has 15 nitrogen and oxygen atoms in total. The zero-order valence-corrected chi connectivity index (χ0v) is 34.1. The predicted molar refractivity (Wildman–Crippen MR) is 219 cm³/mol. The Morgan fingerprint density at radius 2 is 1.47 bits per heavy atom. The number of benzene rings is 2. The number of ether oxygens (including phenoxy) is 2. The molecule has 4 amide bonds. The van der Waals surface area contributed by atoms with Gasteiger partial charge >= 0.3 is 12.2 Å². The molecule has 2 saturated heterocycles. The third kappa shape index (κ3) is 7.79. The summed E-state index contributed by atoms with van der Waals surface area (Å²) in [4.78, 5) is 81.5. The Labute approximate surface area is 340 Å². The number of fused-ring (bicyclic) bond motifs is 2. The number of rotatable bonds is 10. The summed E-state index contributed by atoms with van der Waals surface area (Å²) in [5.74, 6) is -0.0614. The molecule has 0 radical (unpaired) electrons. The standard InChI is InChI=1S/C42H48ClN7O8/c1-21(2)35(47-41(54)56-5)39(52)49-13-7-9-31(49)29-16-24(19-44-29)25-18-34-27(17-28(25)43)37(51)26-15-23(11-12-33(26)58-34)30-20-45-38(46-30)32-10-8-14-50(32)40(53)36(22(3)4)48-42(55)57-6/h11-12,15,17-22,31-32,35-36H,7-10,13-14,16H2,1-6H3,(H,45,46)(H,47,54)(H,48,55)/t31-,32-,35-,36-/m0/s1. The minimum atomic E-state index is -0.746. The van der Waals surface area contributed by atoms with Gasteiger partial charge in [-0.05, 0) is 73.4 Å². The predicted octanol–water partition coefficient (Wildman–Crippen LogP) is 6.59. The normalized spacial score (nSPS) is 19.1. The van der Waals surface area contributed by atoms with Crippen molar-refractivity contribution in [2.24, 2.45) is 16.8 Å². The van der Waals surface area contributed by atoms with Crippen molar-refractivity contribution < 1.29 is 33.1 Å². The molecule has 5 heterocycles. The number of imidazole rings is 1. The third-order valence-electron chi connectivity index (χ3n) is 11.3. The molecule has 58 heavy (non-hydrogen) atoms. The molecule has 0 spiro atoms. The smallest absolute Gasteiger partial charge is 0.407 e. The number of methoxy groups -OCH3 is 2. The van der Waals surface area contributed by atoms with Crippen molar-refractivity contribution in [3.63, 3.8) is 0 Å². The quantitative estimate of drug-likeness (QED) is 0.148. The van der Waals surface area contributed by atoms with Crippen molar-refractivity contribution >= 4 is 68.8 Å². The number of halogens is 1. The molecule has 2 aromatic carbocycles. The van der Waals surface area contributed by atoms with E-state index in [1.807, 2.05) is 33.8 Å². The number of hydrogen-bond donors (Lipinski definition) is 3. The lowest BCUT2D eigenvalue weighted by atomic mass is 9.96. The lowest BCUT2D eigenvalue weighted by Gasteiger charge is -2.31. The molecule has 306 valence electrons. The second-order valence-corrected chi connectivity index (χ2v) is 16.1. The number of aromatic amines is 1. The van der Waals surface area contributed by atoms with Gasteiger partial charge in [0.2, 0.25) is 17.2 Å². The maximum absolute atomic E-state index is 14.0. The van der Waals surface area contributed by atoms with Crippen molar-refractivity contribution in [1.29, 1.82) is 0 Å². The van der Waals surface area contributed by atoms with Gasteiger partial charge in [0, 0.05) is 47.6 Å². The van der Waals surface area contributed by atoms with Crippen molar-refractivity contribution in [1.82, 2.24) is 30.4 Å². The van der Waals surface area contributed by atoms with Gasteiger partial charge in [-0.3, -0.25) is 19.4 Å². The minimum absolute atomic E-state index is 0.145. The second-order valence-electron chi connectivity index (χ2n) is 15.7. The molecule has 0 bridgehead atoms. The Kier molecular flexibility index (Phi) is 11.6. The molecule has 7 rings (SSSR count). The highest BCUT2D eigenvalue weighted by atomic mass is 35.5. The summed E-state index contributed by atoms with van der Waals surface area (Å²) in [6, 6.07) is 6.73. The number of likely N-dealkylation sites (tertiary alicyclic amines) is 2. The summed E-state index contributed by atoms with van der Waals surface area (Å²) in [7, 11) is 2.53. The monoisotopic (exact) mass is 813 g/mol. The van der Waals surface area contributed by atoms with Gasteiger partial charge in [-0.1, -0.05) is 39.3 Å². The summed E-state index contributed by atoms with van der Waals surface area (Å²) < 4.78 is 15.8. The van der Waals surface area contributed by atoms with Gasteiger partial charge in [-0.2, -0.15) is 0 Å². The molecular weight excluding hydrogens is 766 g/mol. The number of aliphatic imine (C=N–C) groups is 1. The molecule has 2 fully saturated rings. The molecule has 4 atom stereocenters. The number of H-pyrrole nitrogens is 1. The Bertz CT molecular complexity index is 2400. The van der Waals surface area contributed by atoms with Crippen LogP contribution < -0.4 is 16.1 Å². The molecule has 3 N–H and O–H groups in total. The average molecular weight is 814 g/mol. The second kappa shape index (κ2) is 16.6. The number of nitrogens with zero attached hydrogens (tertiary/aromatic N) is 4. The van der Waals surface area contributed by atoms with Crippen LogP contribution in [0.25, 0.3) is 38.8 Å². The fraction of sp³-hybridized carbons (Fsp3) is 0.452. The number of aromatic nitrogens is 2. The van der Waals surface area contributed by atoms with Crippen LogP contribution in [0.15, 0.2) is 56.9 Å². The van der Waals surface area contributed by atoms with Gasteiger partial charge in [-0.15, -0.1) is 0 Å². The Morgan fingerprint density at radius 1 is 0.862 bits per heavy atom. The fourth-order valence-corrected chi connectivity index (χ4v) is 8.49. The van der Waals surface area contributed by atoms with Crippen molar-refractivity contribution in [3.8, 4) is 11.3 Å². The first-order chi connectivity index (χ1) is 27.8. The fourth-order valence-electron chi connectivity index (χ4n) is 8.21. The molecule has 3 aliphatic rings. The van der Waals surface area contributed by atoms with Gasteiger partial charge in [-0.25, -0.2) is 14.6 Å². The van der Waals surface area contributed by atoms with Crippen molar-refractivity contribution in [2.45, 2.75) is 84.0 Å². The number of hydrogen-bond acceptors (Lipinski definition) is 10. The van der Waals surface area contributed by atoms with Crippen LogP contribution in [0.1, 0.15) is 77.2 Å². The number of nitrogens with one attached hydrogen (secondary N) is 3. The van der Waals surface area contributed by atoms with Gasteiger partial charge in [0.05, 0.1) is 49.0 Å². The lowest BCUT2D eigenvalue weighted by molar-refractivity contribution is -0.135. The van der Waals surface area contributed by atoms with Crippen LogP contribution in [0, 0.1) is 11.8 Å². The highest BCUT2D eigenvalue weighted by molar-refractivity contribution is 6.33. The number of alkyl carbamates (subject to hydrolysis) is 2. The van der Waals surface area contributed by atoms with Crippen molar-refractivity contribution in [2.75, 3.05) is 27.3 Å². The molecule has 0 saturated carbocycles. The van der Waals surface area contributed by atoms with E-state index in [9.17, 15) is 24.0 Å². The number of allylic oxidation sites excluding steroid dienone is 1. The number of carbonyl (C=O) groups is 4. The van der Waals surface area contributed by atoms with E-state index in [-0.39, 0.29) is 41.2 Å². The van der Waals surface area contributed by atoms with Gasteiger partial charge < -0.3 is 39.3 Å². The van der Waals surface area contributed by atoms with E-state index in [1.165, 1.54) is 14.2 Å². The average Bonchev–Trinajstić information content (AvgIpc) is 4.05. The van der Waals surface area contributed by atoms with E-state index in [4.69, 9.17) is 30.5 Å². The maximum Gasteiger partial charge on any atom is 0.407 e. The summed E-state index contributed by atoms with van der Waals surface area (Å²) in [6.45, 7) is 8.57. The van der Waals surface area contributed by atoms with E-state index >= 15 is 0 Å². The zero-order chi connectivity index (χ0) is 41.4. The molecule has 3 aliphatic heterocycles. The van der Waals surface area contributed by atoms with Crippen LogP contribution in [0.4, 0.5) is 9.59 Å². The number of carbonyl (C=O) groups excluding carboxylic acids is 4. The molecule has 2 aromatic heterocycles. The van der Waals surface area contributed by atoms with Crippen LogP contribution in [0.3, 0.4) is 0 Å². The first kappa shape index (κ1) is 40.5. The maximum atomic E-state index is 14.0. The van der Waals surface area contributed by atoms with E-state index in [2.05, 4.69) is 20.6 Å². The Hall–Kier alpha value is -5.70.